The van der Waals surface area contributed by atoms with E-state index in [0.29, 0.717) is 17.7 Å². The minimum atomic E-state index is -0.804. The molecule has 1 aromatic carbocycles. The molecule has 35 heavy (non-hydrogen) atoms. The molecular weight excluding hydrogens is 438 g/mol. The van der Waals surface area contributed by atoms with Gasteiger partial charge in [-0.1, -0.05) is 103 Å². The highest BCUT2D eigenvalue weighted by Crippen LogP contribution is 2.34. The van der Waals surface area contributed by atoms with Gasteiger partial charge in [-0.25, -0.2) is 8.78 Å². The minimum absolute atomic E-state index is 0.201. The summed E-state index contributed by atoms with van der Waals surface area (Å²) in [6.07, 6.45) is 20.6. The predicted octanol–water partition coefficient (Wildman–Crippen LogP) is 9.64. The van der Waals surface area contributed by atoms with Crippen molar-refractivity contribution in [3.05, 3.63) is 47.2 Å². The number of benzene rings is 1. The van der Waals surface area contributed by atoms with E-state index in [4.69, 9.17) is 0 Å². The van der Waals surface area contributed by atoms with Crippen molar-refractivity contribution in [1.82, 2.24) is 10.2 Å². The van der Waals surface area contributed by atoms with Crippen LogP contribution in [-0.2, 0) is 12.8 Å². The van der Waals surface area contributed by atoms with Gasteiger partial charge in [-0.2, -0.15) is 10.2 Å². The van der Waals surface area contributed by atoms with Gasteiger partial charge in [0.2, 0.25) is 0 Å². The lowest BCUT2D eigenvalue weighted by atomic mass is 9.78. The van der Waals surface area contributed by atoms with Crippen LogP contribution in [0, 0.1) is 23.5 Å². The fraction of sp³-hybridized carbons (Fsp3) is 0.677. The van der Waals surface area contributed by atoms with Gasteiger partial charge in [0, 0.05) is 5.56 Å². The molecule has 3 rings (SSSR count). The number of halogens is 2. The Hall–Kier alpha value is -1.84. The first-order valence-electron chi connectivity index (χ1n) is 14.4. The summed E-state index contributed by atoms with van der Waals surface area (Å²) in [6.45, 7) is 4.42. The average Bonchev–Trinajstić information content (AvgIpc) is 2.89. The first-order chi connectivity index (χ1) is 17.1. The molecule has 1 aliphatic carbocycles. The topological polar surface area (TPSA) is 25.8 Å². The molecule has 1 heterocycles. The summed E-state index contributed by atoms with van der Waals surface area (Å²) >= 11 is 0. The Bertz CT molecular complexity index is 857. The molecule has 0 saturated heterocycles. The number of nitrogens with zero attached hydrogens (tertiary/aromatic N) is 2. The van der Waals surface area contributed by atoms with Crippen LogP contribution in [0.5, 0.6) is 0 Å². The van der Waals surface area contributed by atoms with Crippen LogP contribution in [0.1, 0.15) is 121 Å². The number of aryl methyl sites for hydroxylation is 2. The zero-order chi connectivity index (χ0) is 24.9. The van der Waals surface area contributed by atoms with Gasteiger partial charge in [0.05, 0.1) is 11.4 Å². The van der Waals surface area contributed by atoms with E-state index in [9.17, 15) is 8.78 Å². The van der Waals surface area contributed by atoms with Crippen molar-refractivity contribution in [2.75, 3.05) is 0 Å². The van der Waals surface area contributed by atoms with E-state index in [1.807, 2.05) is 6.07 Å². The molecule has 0 spiro atoms. The Balaban J connectivity index is 1.43. The molecule has 0 amide bonds. The van der Waals surface area contributed by atoms with Gasteiger partial charge in [0.15, 0.2) is 11.6 Å². The van der Waals surface area contributed by atoms with Crippen molar-refractivity contribution in [1.29, 1.82) is 0 Å². The van der Waals surface area contributed by atoms with Gasteiger partial charge >= 0.3 is 0 Å². The van der Waals surface area contributed by atoms with Crippen LogP contribution >= 0.6 is 0 Å². The van der Waals surface area contributed by atoms with E-state index < -0.39 is 11.6 Å². The van der Waals surface area contributed by atoms with E-state index in [1.54, 1.807) is 18.2 Å². The van der Waals surface area contributed by atoms with Crippen LogP contribution in [-0.4, -0.2) is 10.2 Å². The van der Waals surface area contributed by atoms with E-state index in [1.165, 1.54) is 64.2 Å². The van der Waals surface area contributed by atoms with Gasteiger partial charge in [0.25, 0.3) is 0 Å². The largest absolute Gasteiger partial charge is 0.203 e. The SMILES string of the molecule is CCCCCCCC1CCC(CCc2ccc(-c3ccc(CCCCCC)c(F)c3F)nn2)CC1. The van der Waals surface area contributed by atoms with Crippen LogP contribution in [0.3, 0.4) is 0 Å². The molecule has 1 aliphatic rings. The molecule has 2 nitrogen and oxygen atoms in total. The lowest BCUT2D eigenvalue weighted by Gasteiger charge is -2.28. The summed E-state index contributed by atoms with van der Waals surface area (Å²) in [7, 11) is 0. The van der Waals surface area contributed by atoms with Crippen molar-refractivity contribution in [2.24, 2.45) is 11.8 Å². The van der Waals surface area contributed by atoms with Crippen LogP contribution in [0.4, 0.5) is 8.78 Å². The molecule has 0 radical (unpaired) electrons. The summed E-state index contributed by atoms with van der Waals surface area (Å²) in [4.78, 5) is 0. The fourth-order valence-corrected chi connectivity index (χ4v) is 5.56. The summed E-state index contributed by atoms with van der Waals surface area (Å²) in [5, 5.41) is 8.58. The number of rotatable bonds is 15. The van der Waals surface area contributed by atoms with E-state index >= 15 is 0 Å². The third-order valence-corrected chi connectivity index (χ3v) is 7.95. The second kappa shape index (κ2) is 15.3. The van der Waals surface area contributed by atoms with E-state index in [0.717, 1.165) is 56.1 Å². The number of aromatic nitrogens is 2. The first kappa shape index (κ1) is 27.7. The summed E-state index contributed by atoms with van der Waals surface area (Å²) in [5.41, 5.74) is 2.01. The molecule has 1 aromatic heterocycles. The van der Waals surface area contributed by atoms with Crippen LogP contribution in [0.15, 0.2) is 24.3 Å². The van der Waals surface area contributed by atoms with E-state index in [2.05, 4.69) is 24.0 Å². The molecule has 0 unspecified atom stereocenters. The third kappa shape index (κ3) is 8.95. The van der Waals surface area contributed by atoms with E-state index in [-0.39, 0.29) is 5.56 Å². The standard InChI is InChI=1S/C31H46F2N2/c1-3-5-7-9-10-12-24-14-16-25(17-15-24)18-20-27-21-23-29(35-34-27)28-22-19-26(30(32)31(28)33)13-11-8-6-4-2/h19,21-25H,3-18,20H2,1-2H3. The molecule has 0 atom stereocenters. The Kier molecular flexibility index (Phi) is 12.1. The van der Waals surface area contributed by atoms with Crippen molar-refractivity contribution in [3.63, 3.8) is 0 Å². The Morgan fingerprint density at radius 1 is 0.657 bits per heavy atom. The smallest absolute Gasteiger partial charge is 0.168 e. The maximum absolute atomic E-state index is 14.7. The molecule has 1 saturated carbocycles. The molecule has 194 valence electrons. The summed E-state index contributed by atoms with van der Waals surface area (Å²) in [6, 6.07) is 7.08. The molecular formula is C31H46F2N2. The highest BCUT2D eigenvalue weighted by molar-refractivity contribution is 5.60. The maximum Gasteiger partial charge on any atom is 0.168 e. The number of hydrogen-bond donors (Lipinski definition) is 0. The number of unbranched alkanes of at least 4 members (excludes halogenated alkanes) is 7. The molecule has 0 bridgehead atoms. The van der Waals surface area contributed by atoms with Gasteiger partial charge in [-0.05, 0) is 61.3 Å². The van der Waals surface area contributed by atoms with Crippen molar-refractivity contribution < 1.29 is 8.78 Å². The third-order valence-electron chi connectivity index (χ3n) is 7.95. The summed E-state index contributed by atoms with van der Waals surface area (Å²) in [5.74, 6) is 0.179. The fourth-order valence-electron chi connectivity index (χ4n) is 5.56. The van der Waals surface area contributed by atoms with Crippen LogP contribution in [0.2, 0.25) is 0 Å². The Morgan fingerprint density at radius 3 is 1.97 bits per heavy atom. The molecule has 4 heteroatoms. The van der Waals surface area contributed by atoms with Crippen molar-refractivity contribution in [2.45, 2.75) is 123 Å². The normalized spacial score (nSPS) is 18.2. The predicted molar refractivity (Wildman–Crippen MR) is 142 cm³/mol. The van der Waals surface area contributed by atoms with Crippen LogP contribution in [0.25, 0.3) is 11.3 Å². The molecule has 0 aliphatic heterocycles. The van der Waals surface area contributed by atoms with Crippen molar-refractivity contribution >= 4 is 0 Å². The van der Waals surface area contributed by atoms with Gasteiger partial charge < -0.3 is 0 Å². The zero-order valence-corrected chi connectivity index (χ0v) is 22.1. The van der Waals surface area contributed by atoms with Crippen LogP contribution < -0.4 is 0 Å². The first-order valence-corrected chi connectivity index (χ1v) is 14.4. The zero-order valence-electron chi connectivity index (χ0n) is 22.1. The second-order valence-corrected chi connectivity index (χ2v) is 10.7. The Morgan fingerprint density at radius 2 is 1.31 bits per heavy atom. The molecule has 1 fully saturated rings. The molecule has 0 N–H and O–H groups in total. The molecule has 2 aromatic rings. The Labute approximate surface area is 212 Å². The second-order valence-electron chi connectivity index (χ2n) is 10.7. The van der Waals surface area contributed by atoms with Gasteiger partial charge in [0.1, 0.15) is 0 Å². The maximum atomic E-state index is 14.7. The van der Waals surface area contributed by atoms with Gasteiger partial charge in [-0.15, -0.1) is 0 Å². The average molecular weight is 485 g/mol. The van der Waals surface area contributed by atoms with Crippen molar-refractivity contribution in [3.8, 4) is 11.3 Å². The highest BCUT2D eigenvalue weighted by atomic mass is 19.2. The lowest BCUT2D eigenvalue weighted by Crippen LogP contribution is -2.15. The minimum Gasteiger partial charge on any atom is -0.203 e. The highest BCUT2D eigenvalue weighted by Gasteiger charge is 2.21. The number of hydrogen-bond acceptors (Lipinski definition) is 2. The van der Waals surface area contributed by atoms with Gasteiger partial charge in [-0.3, -0.25) is 0 Å². The summed E-state index contributed by atoms with van der Waals surface area (Å²) < 4.78 is 29.3. The lowest BCUT2D eigenvalue weighted by molar-refractivity contribution is 0.248. The monoisotopic (exact) mass is 484 g/mol. The quantitative estimate of drug-likeness (QED) is 0.235.